The minimum atomic E-state index is -0.993. The summed E-state index contributed by atoms with van der Waals surface area (Å²) in [5.74, 6) is -1.08. The molecule has 4 nitrogen and oxygen atoms in total. The average molecular weight is 314 g/mol. The van der Waals surface area contributed by atoms with Gasteiger partial charge in [-0.1, -0.05) is 29.8 Å². The Bertz CT molecular complexity index is 832. The Labute approximate surface area is 131 Å². The molecule has 0 saturated heterocycles. The van der Waals surface area contributed by atoms with Crippen LogP contribution in [0.2, 0.25) is 5.02 Å². The van der Waals surface area contributed by atoms with Gasteiger partial charge in [0.1, 0.15) is 0 Å². The Morgan fingerprint density at radius 1 is 1.27 bits per heavy atom. The lowest BCUT2D eigenvalue weighted by Crippen LogP contribution is -2.21. The van der Waals surface area contributed by atoms with Gasteiger partial charge in [0.2, 0.25) is 5.91 Å². The number of benzene rings is 2. The number of carbonyl (C=O) groups excluding carboxylic acids is 1. The van der Waals surface area contributed by atoms with Gasteiger partial charge in [-0.3, -0.25) is 4.79 Å². The molecule has 1 saturated carbocycles. The summed E-state index contributed by atoms with van der Waals surface area (Å²) in [5, 5.41) is 12.7. The molecular weight excluding hydrogens is 302 g/mol. The molecule has 2 unspecified atom stereocenters. The maximum atomic E-state index is 12.5. The number of amides is 1. The topological polar surface area (TPSA) is 66.4 Å². The van der Waals surface area contributed by atoms with Crippen molar-refractivity contribution in [2.75, 3.05) is 5.32 Å². The van der Waals surface area contributed by atoms with Crippen molar-refractivity contribution in [3.05, 3.63) is 64.2 Å². The minimum absolute atomic E-state index is 0.00788. The maximum Gasteiger partial charge on any atom is 0.335 e. The lowest BCUT2D eigenvalue weighted by Gasteiger charge is -2.10. The van der Waals surface area contributed by atoms with E-state index in [1.165, 1.54) is 6.07 Å². The summed E-state index contributed by atoms with van der Waals surface area (Å²) in [4.78, 5) is 23.7. The van der Waals surface area contributed by atoms with Crippen molar-refractivity contribution in [2.45, 2.75) is 17.8 Å². The molecule has 2 aromatic rings. The lowest BCUT2D eigenvalue weighted by atomic mass is 9.91. The highest BCUT2D eigenvalue weighted by Crippen LogP contribution is 2.65. The molecule has 2 atom stereocenters. The maximum absolute atomic E-state index is 12.5. The molecule has 2 aromatic carbocycles. The Hall–Kier alpha value is -2.33. The van der Waals surface area contributed by atoms with Crippen LogP contribution in [-0.2, 0) is 10.2 Å². The normalized spacial score (nSPS) is 25.0. The van der Waals surface area contributed by atoms with Crippen molar-refractivity contribution in [1.29, 1.82) is 0 Å². The van der Waals surface area contributed by atoms with Gasteiger partial charge < -0.3 is 10.4 Å². The number of anilines is 1. The molecule has 1 heterocycles. The summed E-state index contributed by atoms with van der Waals surface area (Å²) in [6.45, 7) is 0. The third kappa shape index (κ3) is 1.64. The largest absolute Gasteiger partial charge is 0.478 e. The number of carboxylic acids is 1. The van der Waals surface area contributed by atoms with E-state index in [4.69, 9.17) is 11.6 Å². The first-order chi connectivity index (χ1) is 10.5. The van der Waals surface area contributed by atoms with Gasteiger partial charge in [-0.25, -0.2) is 4.79 Å². The van der Waals surface area contributed by atoms with Gasteiger partial charge in [0.25, 0.3) is 0 Å². The van der Waals surface area contributed by atoms with E-state index in [0.29, 0.717) is 17.1 Å². The molecule has 0 radical (unpaired) electrons. The lowest BCUT2D eigenvalue weighted by molar-refractivity contribution is -0.118. The van der Waals surface area contributed by atoms with Crippen LogP contribution >= 0.6 is 11.6 Å². The van der Waals surface area contributed by atoms with E-state index in [1.54, 1.807) is 12.1 Å². The van der Waals surface area contributed by atoms with Crippen LogP contribution in [0.4, 0.5) is 5.69 Å². The zero-order valence-electron chi connectivity index (χ0n) is 11.5. The molecule has 4 rings (SSSR count). The standard InChI is InChI=1S/C17H12ClNO3/c18-13-4-2-1-3-10(13)12-8-17(12)11-7-9(15(20)21)5-6-14(11)19-16(17)22/h1-7,12H,8H2,(H,19,22)(H,20,21). The van der Waals surface area contributed by atoms with E-state index in [9.17, 15) is 14.7 Å². The highest BCUT2D eigenvalue weighted by molar-refractivity contribution is 6.31. The van der Waals surface area contributed by atoms with Crippen LogP contribution < -0.4 is 5.32 Å². The van der Waals surface area contributed by atoms with E-state index in [2.05, 4.69) is 5.32 Å². The SMILES string of the molecule is O=C(O)c1ccc2c(c1)C1(CC1c1ccccc1Cl)C(=O)N2. The van der Waals surface area contributed by atoms with Crippen molar-refractivity contribution in [2.24, 2.45) is 0 Å². The number of carbonyl (C=O) groups is 2. The molecule has 0 bridgehead atoms. The van der Waals surface area contributed by atoms with E-state index in [0.717, 1.165) is 11.1 Å². The van der Waals surface area contributed by atoms with Crippen LogP contribution in [-0.4, -0.2) is 17.0 Å². The van der Waals surface area contributed by atoms with Crippen LogP contribution in [0.25, 0.3) is 0 Å². The summed E-state index contributed by atoms with van der Waals surface area (Å²) >= 11 is 6.25. The fourth-order valence-electron chi connectivity index (χ4n) is 3.46. The molecule has 110 valence electrons. The molecule has 1 fully saturated rings. The zero-order chi connectivity index (χ0) is 15.5. The van der Waals surface area contributed by atoms with Gasteiger partial charge in [-0.05, 0) is 41.8 Å². The third-order valence-corrected chi connectivity index (χ3v) is 4.99. The number of rotatable bonds is 2. The van der Waals surface area contributed by atoms with Crippen LogP contribution in [0.5, 0.6) is 0 Å². The first-order valence-electron chi connectivity index (χ1n) is 6.98. The second kappa shape index (κ2) is 4.34. The predicted octanol–water partition coefficient (Wildman–Crippen LogP) is 3.42. The molecule has 22 heavy (non-hydrogen) atoms. The van der Waals surface area contributed by atoms with Crippen molar-refractivity contribution >= 4 is 29.2 Å². The Kier molecular flexibility index (Phi) is 2.63. The van der Waals surface area contributed by atoms with Crippen LogP contribution in [0.15, 0.2) is 42.5 Å². The number of aromatic carboxylic acids is 1. The monoisotopic (exact) mass is 313 g/mol. The summed E-state index contributed by atoms with van der Waals surface area (Å²) < 4.78 is 0. The third-order valence-electron chi connectivity index (χ3n) is 4.64. The summed E-state index contributed by atoms with van der Waals surface area (Å²) in [6.07, 6.45) is 0.651. The van der Waals surface area contributed by atoms with Gasteiger partial charge >= 0.3 is 5.97 Å². The minimum Gasteiger partial charge on any atom is -0.478 e. The van der Waals surface area contributed by atoms with Gasteiger partial charge in [0.05, 0.1) is 11.0 Å². The Morgan fingerprint density at radius 3 is 2.77 bits per heavy atom. The first-order valence-corrected chi connectivity index (χ1v) is 7.35. The van der Waals surface area contributed by atoms with Crippen molar-refractivity contribution < 1.29 is 14.7 Å². The van der Waals surface area contributed by atoms with Gasteiger partial charge in [0, 0.05) is 16.6 Å². The van der Waals surface area contributed by atoms with E-state index in [1.807, 2.05) is 24.3 Å². The summed E-state index contributed by atoms with van der Waals surface area (Å²) in [5.41, 5.74) is 1.92. The van der Waals surface area contributed by atoms with Crippen molar-refractivity contribution in [1.82, 2.24) is 0 Å². The van der Waals surface area contributed by atoms with E-state index >= 15 is 0 Å². The van der Waals surface area contributed by atoms with Crippen LogP contribution in [0, 0.1) is 0 Å². The highest BCUT2D eigenvalue weighted by Gasteiger charge is 2.65. The fourth-order valence-corrected chi connectivity index (χ4v) is 3.72. The van der Waals surface area contributed by atoms with Crippen LogP contribution in [0.3, 0.4) is 0 Å². The molecule has 2 N–H and O–H groups in total. The van der Waals surface area contributed by atoms with E-state index in [-0.39, 0.29) is 17.4 Å². The molecule has 1 aliphatic heterocycles. The van der Waals surface area contributed by atoms with Gasteiger partial charge in [0.15, 0.2) is 0 Å². The predicted molar refractivity (Wildman–Crippen MR) is 82.5 cm³/mol. The number of halogens is 1. The van der Waals surface area contributed by atoms with Crippen molar-refractivity contribution in [3.63, 3.8) is 0 Å². The Balaban J connectivity index is 1.83. The van der Waals surface area contributed by atoms with E-state index < -0.39 is 11.4 Å². The average Bonchev–Trinajstić information content (AvgIpc) is 3.17. The Morgan fingerprint density at radius 2 is 2.05 bits per heavy atom. The quantitative estimate of drug-likeness (QED) is 0.892. The number of carboxylic acid groups (broad SMARTS) is 1. The molecule has 0 aromatic heterocycles. The van der Waals surface area contributed by atoms with Crippen LogP contribution in [0.1, 0.15) is 33.8 Å². The van der Waals surface area contributed by atoms with Gasteiger partial charge in [-0.15, -0.1) is 0 Å². The van der Waals surface area contributed by atoms with Gasteiger partial charge in [-0.2, -0.15) is 0 Å². The second-order valence-electron chi connectivity index (χ2n) is 5.77. The molecule has 1 aliphatic carbocycles. The molecule has 5 heteroatoms. The summed E-state index contributed by atoms with van der Waals surface area (Å²) in [7, 11) is 0. The van der Waals surface area contributed by atoms with Crippen molar-refractivity contribution in [3.8, 4) is 0 Å². The molecule has 2 aliphatic rings. The number of nitrogens with one attached hydrogen (secondary N) is 1. The first kappa shape index (κ1) is 13.3. The fraction of sp³-hybridized carbons (Fsp3) is 0.176. The zero-order valence-corrected chi connectivity index (χ0v) is 12.2. The summed E-state index contributed by atoms with van der Waals surface area (Å²) in [6, 6.07) is 12.3. The smallest absolute Gasteiger partial charge is 0.335 e. The number of hydrogen-bond donors (Lipinski definition) is 2. The second-order valence-corrected chi connectivity index (χ2v) is 6.18. The number of fused-ring (bicyclic) bond motifs is 2. The molecule has 1 spiro atoms. The number of hydrogen-bond acceptors (Lipinski definition) is 2. The molecular formula is C17H12ClNO3. The molecule has 1 amide bonds. The highest BCUT2D eigenvalue weighted by atomic mass is 35.5.